The summed E-state index contributed by atoms with van der Waals surface area (Å²) in [4.78, 5) is 19.6. The Bertz CT molecular complexity index is 431. The number of H-pyrrole nitrogens is 1. The van der Waals surface area contributed by atoms with Crippen molar-refractivity contribution in [2.45, 2.75) is 26.2 Å². The van der Waals surface area contributed by atoms with Crippen molar-refractivity contribution in [3.05, 3.63) is 17.2 Å². The zero-order valence-corrected chi connectivity index (χ0v) is 11.2. The van der Waals surface area contributed by atoms with Gasteiger partial charge in [0.05, 0.1) is 25.5 Å². The molecule has 0 fully saturated rings. The molecule has 1 aliphatic carbocycles. The Morgan fingerprint density at radius 1 is 1.58 bits per heavy atom. The fourth-order valence-corrected chi connectivity index (χ4v) is 2.40. The highest BCUT2D eigenvalue weighted by Gasteiger charge is 2.26. The van der Waals surface area contributed by atoms with Crippen LogP contribution in [0, 0.1) is 12.8 Å². The van der Waals surface area contributed by atoms with Gasteiger partial charge in [0.25, 0.3) is 0 Å². The Kier molecular flexibility index (Phi) is 4.93. The minimum absolute atomic E-state index is 0.0124. The van der Waals surface area contributed by atoms with Gasteiger partial charge in [0.15, 0.2) is 0 Å². The van der Waals surface area contributed by atoms with Crippen molar-refractivity contribution in [1.29, 1.82) is 0 Å². The maximum atomic E-state index is 12.0. The molecule has 1 aromatic heterocycles. The zero-order chi connectivity index (χ0) is 13.7. The van der Waals surface area contributed by atoms with Gasteiger partial charge in [-0.25, -0.2) is 4.98 Å². The molecule has 0 saturated heterocycles. The first-order chi connectivity index (χ1) is 9.20. The fraction of sp³-hybridized carbons (Fsp3) is 0.692. The molecule has 1 amide bonds. The lowest BCUT2D eigenvalue weighted by atomic mass is 9.89. The lowest BCUT2D eigenvalue weighted by Crippen LogP contribution is -2.36. The summed E-state index contributed by atoms with van der Waals surface area (Å²) in [6, 6.07) is 0. The molecule has 1 unspecified atom stereocenters. The number of amides is 1. The molecule has 0 aliphatic heterocycles. The summed E-state index contributed by atoms with van der Waals surface area (Å²) in [7, 11) is 0. The monoisotopic (exact) mass is 267 g/mol. The van der Waals surface area contributed by atoms with E-state index in [1.165, 1.54) is 0 Å². The smallest absolute Gasteiger partial charge is 0.223 e. The molecule has 1 aliphatic rings. The Labute approximate surface area is 112 Å². The van der Waals surface area contributed by atoms with Crippen molar-refractivity contribution in [2.24, 2.45) is 5.92 Å². The van der Waals surface area contributed by atoms with Gasteiger partial charge in [0.2, 0.25) is 5.91 Å². The second kappa shape index (κ2) is 6.68. The molecule has 1 atom stereocenters. The van der Waals surface area contributed by atoms with E-state index < -0.39 is 0 Å². The van der Waals surface area contributed by atoms with Crippen LogP contribution in [0.25, 0.3) is 0 Å². The Morgan fingerprint density at radius 2 is 2.42 bits per heavy atom. The van der Waals surface area contributed by atoms with Gasteiger partial charge < -0.3 is 20.1 Å². The number of aliphatic hydroxyl groups excluding tert-OH is 1. The van der Waals surface area contributed by atoms with E-state index in [4.69, 9.17) is 9.84 Å². The van der Waals surface area contributed by atoms with Crippen LogP contribution >= 0.6 is 0 Å². The van der Waals surface area contributed by atoms with E-state index in [1.54, 1.807) is 0 Å². The van der Waals surface area contributed by atoms with Crippen LogP contribution in [0.15, 0.2) is 0 Å². The van der Waals surface area contributed by atoms with E-state index in [-0.39, 0.29) is 18.4 Å². The van der Waals surface area contributed by atoms with Crippen LogP contribution < -0.4 is 5.32 Å². The molecule has 106 valence electrons. The minimum atomic E-state index is 0.0124. The average molecular weight is 267 g/mol. The van der Waals surface area contributed by atoms with Gasteiger partial charge in [0, 0.05) is 24.6 Å². The first-order valence-electron chi connectivity index (χ1n) is 6.71. The fourth-order valence-electron chi connectivity index (χ4n) is 2.40. The zero-order valence-electron chi connectivity index (χ0n) is 11.2. The number of aryl methyl sites for hydroxylation is 2. The Hall–Kier alpha value is -1.40. The van der Waals surface area contributed by atoms with Gasteiger partial charge in [-0.2, -0.15) is 0 Å². The molecule has 3 N–H and O–H groups in total. The highest BCUT2D eigenvalue weighted by atomic mass is 16.5. The van der Waals surface area contributed by atoms with Crippen molar-refractivity contribution in [3.8, 4) is 0 Å². The molecule has 0 saturated carbocycles. The van der Waals surface area contributed by atoms with Crippen molar-refractivity contribution in [1.82, 2.24) is 15.3 Å². The first kappa shape index (κ1) is 14.0. The number of fused-ring (bicyclic) bond motifs is 1. The van der Waals surface area contributed by atoms with Crippen molar-refractivity contribution in [2.75, 3.05) is 26.4 Å². The number of aliphatic hydroxyl groups is 1. The van der Waals surface area contributed by atoms with Gasteiger partial charge in [-0.1, -0.05) is 0 Å². The molecule has 1 aromatic rings. The van der Waals surface area contributed by atoms with Crippen molar-refractivity contribution in [3.63, 3.8) is 0 Å². The standard InChI is InChI=1S/C13H21N3O3/c1-9-15-11-3-2-10(8-12(11)16-9)13(18)14-4-6-19-7-5-17/h10,17H,2-8H2,1H3,(H,14,18)(H,15,16). The maximum absolute atomic E-state index is 12.0. The van der Waals surface area contributed by atoms with E-state index in [2.05, 4.69) is 15.3 Å². The van der Waals surface area contributed by atoms with E-state index in [1.807, 2.05) is 6.92 Å². The summed E-state index contributed by atoms with van der Waals surface area (Å²) in [6.07, 6.45) is 2.44. The third-order valence-corrected chi connectivity index (χ3v) is 3.31. The van der Waals surface area contributed by atoms with Crippen LogP contribution in [0.3, 0.4) is 0 Å². The SMILES string of the molecule is Cc1nc2c([nH]1)CC(C(=O)NCCOCCO)CC2. The number of rotatable bonds is 6. The van der Waals surface area contributed by atoms with E-state index in [9.17, 15) is 4.79 Å². The number of carbonyl (C=O) groups excluding carboxylic acids is 1. The molecular formula is C13H21N3O3. The number of hydrogen-bond acceptors (Lipinski definition) is 4. The van der Waals surface area contributed by atoms with Crippen LogP contribution in [-0.2, 0) is 22.4 Å². The van der Waals surface area contributed by atoms with Crippen LogP contribution in [0.4, 0.5) is 0 Å². The lowest BCUT2D eigenvalue weighted by molar-refractivity contribution is -0.125. The van der Waals surface area contributed by atoms with Crippen LogP contribution in [-0.4, -0.2) is 47.3 Å². The second-order valence-corrected chi connectivity index (χ2v) is 4.81. The number of imidazole rings is 1. The van der Waals surface area contributed by atoms with E-state index in [0.717, 1.165) is 36.5 Å². The highest BCUT2D eigenvalue weighted by Crippen LogP contribution is 2.23. The topological polar surface area (TPSA) is 87.2 Å². The third-order valence-electron chi connectivity index (χ3n) is 3.31. The summed E-state index contributed by atoms with van der Waals surface area (Å²) >= 11 is 0. The van der Waals surface area contributed by atoms with Crippen LogP contribution in [0.2, 0.25) is 0 Å². The predicted molar refractivity (Wildman–Crippen MR) is 69.8 cm³/mol. The summed E-state index contributed by atoms with van der Waals surface area (Å²) in [6.45, 7) is 3.19. The average Bonchev–Trinajstić information content (AvgIpc) is 2.77. The number of ether oxygens (including phenoxy) is 1. The molecule has 2 rings (SSSR count). The summed E-state index contributed by atoms with van der Waals surface area (Å²) < 4.78 is 5.10. The summed E-state index contributed by atoms with van der Waals surface area (Å²) in [5, 5.41) is 11.4. The summed E-state index contributed by atoms with van der Waals surface area (Å²) in [5.41, 5.74) is 2.20. The molecule has 0 spiro atoms. The normalized spacial score (nSPS) is 18.1. The third kappa shape index (κ3) is 3.78. The second-order valence-electron chi connectivity index (χ2n) is 4.81. The molecule has 0 bridgehead atoms. The molecule has 0 aromatic carbocycles. The summed E-state index contributed by atoms with van der Waals surface area (Å²) in [5.74, 6) is 1.01. The molecule has 6 heteroatoms. The molecule has 1 heterocycles. The number of aromatic amines is 1. The largest absolute Gasteiger partial charge is 0.394 e. The maximum Gasteiger partial charge on any atom is 0.223 e. The Balaban J connectivity index is 1.75. The predicted octanol–water partition coefficient (Wildman–Crippen LogP) is -0.0519. The van der Waals surface area contributed by atoms with Gasteiger partial charge in [-0.3, -0.25) is 4.79 Å². The molecule has 6 nitrogen and oxygen atoms in total. The van der Waals surface area contributed by atoms with Crippen LogP contribution in [0.1, 0.15) is 23.6 Å². The van der Waals surface area contributed by atoms with Gasteiger partial charge in [0.1, 0.15) is 5.82 Å². The Morgan fingerprint density at radius 3 is 3.21 bits per heavy atom. The molecule has 0 radical (unpaired) electrons. The highest BCUT2D eigenvalue weighted by molar-refractivity contribution is 5.79. The quantitative estimate of drug-likeness (QED) is 0.631. The number of hydrogen-bond donors (Lipinski definition) is 3. The molecule has 19 heavy (non-hydrogen) atoms. The van der Waals surface area contributed by atoms with E-state index >= 15 is 0 Å². The van der Waals surface area contributed by atoms with Gasteiger partial charge in [-0.15, -0.1) is 0 Å². The lowest BCUT2D eigenvalue weighted by Gasteiger charge is -2.20. The number of nitrogens with zero attached hydrogens (tertiary/aromatic N) is 1. The molecular weight excluding hydrogens is 246 g/mol. The number of carbonyl (C=O) groups is 1. The number of nitrogens with one attached hydrogen (secondary N) is 2. The number of aromatic nitrogens is 2. The van der Waals surface area contributed by atoms with Gasteiger partial charge >= 0.3 is 0 Å². The minimum Gasteiger partial charge on any atom is -0.394 e. The van der Waals surface area contributed by atoms with Crippen molar-refractivity contribution < 1.29 is 14.6 Å². The van der Waals surface area contributed by atoms with Crippen molar-refractivity contribution >= 4 is 5.91 Å². The van der Waals surface area contributed by atoms with Crippen LogP contribution in [0.5, 0.6) is 0 Å². The first-order valence-corrected chi connectivity index (χ1v) is 6.71. The van der Waals surface area contributed by atoms with E-state index in [0.29, 0.717) is 19.8 Å². The van der Waals surface area contributed by atoms with Gasteiger partial charge in [-0.05, 0) is 19.8 Å².